The summed E-state index contributed by atoms with van der Waals surface area (Å²) in [6.45, 7) is -0.545. The van der Waals surface area contributed by atoms with Gasteiger partial charge in [-0.1, -0.05) is 42.5 Å². The van der Waals surface area contributed by atoms with E-state index in [1.165, 1.54) is 19.2 Å². The van der Waals surface area contributed by atoms with Crippen LogP contribution < -0.4 is 5.32 Å². The molecule has 2 rings (SSSR count). The van der Waals surface area contributed by atoms with Crippen molar-refractivity contribution < 1.29 is 33.7 Å². The van der Waals surface area contributed by atoms with Gasteiger partial charge in [0.1, 0.15) is 18.4 Å². The maximum Gasteiger partial charge on any atom is 0.344 e. The van der Waals surface area contributed by atoms with Crippen LogP contribution in [0.15, 0.2) is 54.6 Å². The first-order chi connectivity index (χ1) is 14.0. The molecule has 0 bridgehead atoms. The largest absolute Gasteiger partial charge is 0.508 e. The van der Waals surface area contributed by atoms with Crippen molar-refractivity contribution in [1.82, 2.24) is 5.32 Å². The predicted molar refractivity (Wildman–Crippen MR) is 103 cm³/mol. The van der Waals surface area contributed by atoms with Crippen LogP contribution in [0.3, 0.4) is 0 Å². The maximum absolute atomic E-state index is 12.3. The van der Waals surface area contributed by atoms with E-state index in [1.807, 2.05) is 30.3 Å². The second kappa shape index (κ2) is 11.5. The van der Waals surface area contributed by atoms with Crippen LogP contribution in [0, 0.1) is 0 Å². The lowest BCUT2D eigenvalue weighted by atomic mass is 10.1. The van der Waals surface area contributed by atoms with Crippen LogP contribution >= 0.6 is 0 Å². The molecular formula is C21H23NO7. The Labute approximate surface area is 168 Å². The highest BCUT2D eigenvalue weighted by molar-refractivity contribution is 5.86. The van der Waals surface area contributed by atoms with Gasteiger partial charge in [-0.15, -0.1) is 0 Å². The van der Waals surface area contributed by atoms with Gasteiger partial charge in [0.2, 0.25) is 5.91 Å². The van der Waals surface area contributed by atoms with Crippen molar-refractivity contribution in [3.8, 4) is 5.75 Å². The molecule has 0 aliphatic rings. The number of hydrogen-bond donors (Lipinski definition) is 2. The number of aromatic hydroxyl groups is 1. The first-order valence-corrected chi connectivity index (χ1v) is 8.90. The van der Waals surface area contributed by atoms with Crippen molar-refractivity contribution in [2.24, 2.45) is 0 Å². The topological polar surface area (TPSA) is 111 Å². The average molecular weight is 401 g/mol. The van der Waals surface area contributed by atoms with Gasteiger partial charge in [0.25, 0.3) is 0 Å². The number of ether oxygens (including phenoxy) is 3. The van der Waals surface area contributed by atoms with E-state index < -0.39 is 30.5 Å². The van der Waals surface area contributed by atoms with Crippen LogP contribution in [0.5, 0.6) is 5.75 Å². The second-order valence-electron chi connectivity index (χ2n) is 6.15. The minimum Gasteiger partial charge on any atom is -0.508 e. The number of benzene rings is 2. The molecule has 0 aliphatic heterocycles. The second-order valence-corrected chi connectivity index (χ2v) is 6.15. The summed E-state index contributed by atoms with van der Waals surface area (Å²) >= 11 is 0. The molecule has 0 radical (unpaired) electrons. The van der Waals surface area contributed by atoms with Crippen molar-refractivity contribution in [2.45, 2.75) is 19.1 Å². The molecule has 2 aromatic rings. The number of phenols is 1. The monoisotopic (exact) mass is 401 g/mol. The summed E-state index contributed by atoms with van der Waals surface area (Å²) in [5.41, 5.74) is 1.60. The SMILES string of the molecule is COC(=O)COC(=O)[C@H](Cc1ccc(O)cc1)NC(=O)COCc1ccccc1. The molecule has 8 nitrogen and oxygen atoms in total. The van der Waals surface area contributed by atoms with Gasteiger partial charge < -0.3 is 24.6 Å². The Kier molecular flexibility index (Phi) is 8.65. The molecule has 29 heavy (non-hydrogen) atoms. The fraction of sp³-hybridized carbons (Fsp3) is 0.286. The fourth-order valence-corrected chi connectivity index (χ4v) is 2.42. The average Bonchev–Trinajstić information content (AvgIpc) is 2.73. The highest BCUT2D eigenvalue weighted by Gasteiger charge is 2.24. The Morgan fingerprint density at radius 2 is 1.66 bits per heavy atom. The Hall–Kier alpha value is -3.39. The van der Waals surface area contributed by atoms with Gasteiger partial charge in [-0.25, -0.2) is 9.59 Å². The normalized spacial score (nSPS) is 11.3. The summed E-state index contributed by atoms with van der Waals surface area (Å²) in [6, 6.07) is 14.5. The molecule has 0 unspecified atom stereocenters. The third kappa shape index (κ3) is 8.02. The van der Waals surface area contributed by atoms with Crippen LogP contribution in [-0.2, 0) is 41.6 Å². The molecule has 0 saturated heterocycles. The minimum absolute atomic E-state index is 0.0805. The number of amides is 1. The Morgan fingerprint density at radius 3 is 2.31 bits per heavy atom. The summed E-state index contributed by atoms with van der Waals surface area (Å²) in [4.78, 5) is 35.7. The number of phenolic OH excluding ortho intramolecular Hbond substituents is 1. The lowest BCUT2D eigenvalue weighted by molar-refractivity contribution is -0.158. The highest BCUT2D eigenvalue weighted by Crippen LogP contribution is 2.12. The third-order valence-electron chi connectivity index (χ3n) is 3.90. The summed E-state index contributed by atoms with van der Waals surface area (Å²) in [7, 11) is 1.18. The quantitative estimate of drug-likeness (QED) is 0.578. The van der Waals surface area contributed by atoms with E-state index in [2.05, 4.69) is 10.1 Å². The van der Waals surface area contributed by atoms with Crippen molar-refractivity contribution in [1.29, 1.82) is 0 Å². The van der Waals surface area contributed by atoms with Crippen molar-refractivity contribution in [3.63, 3.8) is 0 Å². The lowest BCUT2D eigenvalue weighted by Crippen LogP contribution is -2.45. The molecule has 0 saturated carbocycles. The molecule has 1 amide bonds. The smallest absolute Gasteiger partial charge is 0.344 e. The standard InChI is InChI=1S/C21H23NO7/c1-27-20(25)14-29-21(26)18(11-15-7-9-17(23)10-8-15)22-19(24)13-28-12-16-5-3-2-4-6-16/h2-10,18,23H,11-14H2,1H3,(H,22,24)/t18-/m0/s1. The Morgan fingerprint density at radius 1 is 0.966 bits per heavy atom. The van der Waals surface area contributed by atoms with Crippen LogP contribution in [0.2, 0.25) is 0 Å². The van der Waals surface area contributed by atoms with Gasteiger partial charge in [0.05, 0.1) is 13.7 Å². The van der Waals surface area contributed by atoms with E-state index in [9.17, 15) is 19.5 Å². The molecule has 0 fully saturated rings. The highest BCUT2D eigenvalue weighted by atomic mass is 16.6. The molecular weight excluding hydrogens is 378 g/mol. The molecule has 0 heterocycles. The Bertz CT molecular complexity index is 806. The molecule has 0 aromatic heterocycles. The number of carbonyl (C=O) groups excluding carboxylic acids is 3. The van der Waals surface area contributed by atoms with Gasteiger partial charge in [0.15, 0.2) is 6.61 Å². The van der Waals surface area contributed by atoms with Crippen LogP contribution in [-0.4, -0.2) is 49.3 Å². The van der Waals surface area contributed by atoms with Gasteiger partial charge >= 0.3 is 11.9 Å². The number of esters is 2. The van der Waals surface area contributed by atoms with E-state index in [-0.39, 0.29) is 25.4 Å². The Balaban J connectivity index is 1.93. The van der Waals surface area contributed by atoms with E-state index >= 15 is 0 Å². The van der Waals surface area contributed by atoms with Gasteiger partial charge in [0, 0.05) is 6.42 Å². The molecule has 1 atom stereocenters. The van der Waals surface area contributed by atoms with Crippen LogP contribution in [0.4, 0.5) is 0 Å². The van der Waals surface area contributed by atoms with Crippen molar-refractivity contribution in [3.05, 3.63) is 65.7 Å². The molecule has 0 aliphatic carbocycles. The number of methoxy groups -OCH3 is 1. The maximum atomic E-state index is 12.3. The van der Waals surface area contributed by atoms with Crippen LogP contribution in [0.25, 0.3) is 0 Å². The number of carbonyl (C=O) groups is 3. The van der Waals surface area contributed by atoms with E-state index in [0.717, 1.165) is 5.56 Å². The van der Waals surface area contributed by atoms with E-state index in [0.29, 0.717) is 5.56 Å². The first kappa shape index (κ1) is 21.9. The zero-order chi connectivity index (χ0) is 21.1. The van der Waals surface area contributed by atoms with Crippen LogP contribution in [0.1, 0.15) is 11.1 Å². The third-order valence-corrected chi connectivity index (χ3v) is 3.90. The van der Waals surface area contributed by atoms with Crippen molar-refractivity contribution in [2.75, 3.05) is 20.3 Å². The number of rotatable bonds is 10. The zero-order valence-corrected chi connectivity index (χ0v) is 16.0. The van der Waals surface area contributed by atoms with Gasteiger partial charge in [-0.05, 0) is 23.3 Å². The minimum atomic E-state index is -1.03. The molecule has 2 aromatic carbocycles. The summed E-state index contributed by atoms with van der Waals surface area (Å²) in [5, 5.41) is 11.9. The fourth-order valence-electron chi connectivity index (χ4n) is 2.42. The molecule has 8 heteroatoms. The summed E-state index contributed by atoms with van der Waals surface area (Å²) in [6.07, 6.45) is 0.116. The number of hydrogen-bond acceptors (Lipinski definition) is 7. The number of nitrogens with one attached hydrogen (secondary N) is 1. The summed E-state index contributed by atoms with van der Waals surface area (Å²) in [5.74, 6) is -1.91. The lowest BCUT2D eigenvalue weighted by Gasteiger charge is -2.18. The summed E-state index contributed by atoms with van der Waals surface area (Å²) < 4.78 is 14.7. The molecule has 0 spiro atoms. The molecule has 2 N–H and O–H groups in total. The first-order valence-electron chi connectivity index (χ1n) is 8.90. The zero-order valence-electron chi connectivity index (χ0n) is 16.0. The van der Waals surface area contributed by atoms with Crippen molar-refractivity contribution >= 4 is 17.8 Å². The van der Waals surface area contributed by atoms with E-state index in [1.54, 1.807) is 12.1 Å². The van der Waals surface area contributed by atoms with E-state index in [4.69, 9.17) is 9.47 Å². The predicted octanol–water partition coefficient (Wildman–Crippen LogP) is 1.35. The van der Waals surface area contributed by atoms with Gasteiger partial charge in [-0.3, -0.25) is 4.79 Å². The molecule has 154 valence electrons. The van der Waals surface area contributed by atoms with Gasteiger partial charge in [-0.2, -0.15) is 0 Å².